The first-order valence-electron chi connectivity index (χ1n) is 4.23. The van der Waals surface area contributed by atoms with Crippen molar-refractivity contribution in [3.63, 3.8) is 0 Å². The fourth-order valence-corrected chi connectivity index (χ4v) is 1.51. The highest BCUT2D eigenvalue weighted by atomic mass is 32.1. The second-order valence-corrected chi connectivity index (χ2v) is 3.60. The van der Waals surface area contributed by atoms with Gasteiger partial charge in [0.1, 0.15) is 11.3 Å². The van der Waals surface area contributed by atoms with Gasteiger partial charge in [0.15, 0.2) is 5.65 Å². The highest BCUT2D eigenvalue weighted by molar-refractivity contribution is 7.80. The Morgan fingerprint density at radius 1 is 1.64 bits per heavy atom. The molecule has 0 saturated carbocycles. The zero-order valence-electron chi connectivity index (χ0n) is 7.77. The van der Waals surface area contributed by atoms with Gasteiger partial charge in [0.2, 0.25) is 0 Å². The van der Waals surface area contributed by atoms with E-state index >= 15 is 0 Å². The number of aryl methyl sites for hydroxylation is 1. The number of rotatable bonds is 2. The van der Waals surface area contributed by atoms with Gasteiger partial charge >= 0.3 is 0 Å². The maximum atomic E-state index is 5.47. The number of thiocarbonyl (C=S) groups is 1. The fraction of sp³-hybridized carbons (Fsp3) is 0.222. The molecule has 2 heterocycles. The van der Waals surface area contributed by atoms with Crippen LogP contribution in [0.1, 0.15) is 5.82 Å². The Bertz CT molecular complexity index is 489. The normalized spacial score (nSPS) is 10.6. The lowest BCUT2D eigenvalue weighted by atomic mass is 10.4. The molecule has 0 spiro atoms. The molecule has 0 aliphatic heterocycles. The maximum Gasteiger partial charge on any atom is 0.159 e. The number of hydrogen-bond donors (Lipinski definition) is 1. The predicted molar refractivity (Wildman–Crippen MR) is 59.0 cm³/mol. The van der Waals surface area contributed by atoms with Crippen LogP contribution in [0, 0.1) is 0 Å². The van der Waals surface area contributed by atoms with Crippen LogP contribution in [0.2, 0.25) is 0 Å². The second-order valence-electron chi connectivity index (χ2n) is 3.08. The summed E-state index contributed by atoms with van der Waals surface area (Å²) in [6, 6.07) is 3.78. The first-order chi connectivity index (χ1) is 6.68. The molecule has 72 valence electrons. The summed E-state index contributed by atoms with van der Waals surface area (Å²) in [5.74, 6) is 0.853. The van der Waals surface area contributed by atoms with Crippen LogP contribution in [0.3, 0.4) is 0 Å². The van der Waals surface area contributed by atoms with E-state index in [1.807, 2.05) is 23.7 Å². The average Bonchev–Trinajstić information content (AvgIpc) is 2.44. The third kappa shape index (κ3) is 1.46. The quantitative estimate of drug-likeness (QED) is 0.738. The lowest BCUT2D eigenvalue weighted by molar-refractivity contribution is 0.855. The molecule has 14 heavy (non-hydrogen) atoms. The van der Waals surface area contributed by atoms with E-state index < -0.39 is 0 Å². The molecule has 0 fully saturated rings. The Labute approximate surface area is 86.8 Å². The van der Waals surface area contributed by atoms with Gasteiger partial charge in [-0.05, 0) is 12.1 Å². The van der Waals surface area contributed by atoms with Crippen molar-refractivity contribution in [1.82, 2.24) is 14.5 Å². The van der Waals surface area contributed by atoms with Crippen molar-refractivity contribution >= 4 is 28.4 Å². The zero-order valence-corrected chi connectivity index (χ0v) is 8.58. The zero-order chi connectivity index (χ0) is 10.1. The van der Waals surface area contributed by atoms with E-state index in [-0.39, 0.29) is 0 Å². The second kappa shape index (κ2) is 3.34. The predicted octanol–water partition coefficient (Wildman–Crippen LogP) is 0.797. The summed E-state index contributed by atoms with van der Waals surface area (Å²) >= 11 is 4.85. The van der Waals surface area contributed by atoms with E-state index in [4.69, 9.17) is 18.0 Å². The van der Waals surface area contributed by atoms with E-state index in [0.717, 1.165) is 17.0 Å². The first-order valence-corrected chi connectivity index (χ1v) is 4.64. The summed E-state index contributed by atoms with van der Waals surface area (Å²) in [5, 5.41) is 0. The van der Waals surface area contributed by atoms with Crippen molar-refractivity contribution in [3.05, 3.63) is 24.2 Å². The van der Waals surface area contributed by atoms with Crippen LogP contribution in [-0.2, 0) is 13.5 Å². The van der Waals surface area contributed by atoms with Crippen molar-refractivity contribution in [2.24, 2.45) is 12.8 Å². The van der Waals surface area contributed by atoms with Crippen LogP contribution in [0.15, 0.2) is 18.3 Å². The summed E-state index contributed by atoms with van der Waals surface area (Å²) in [7, 11) is 1.91. The Balaban J connectivity index is 2.57. The van der Waals surface area contributed by atoms with E-state index in [9.17, 15) is 0 Å². The molecule has 4 nitrogen and oxygen atoms in total. The fourth-order valence-electron chi connectivity index (χ4n) is 1.38. The number of nitrogens with two attached hydrogens (primary N) is 1. The molecule has 2 rings (SSSR count). The van der Waals surface area contributed by atoms with Crippen LogP contribution in [0.5, 0.6) is 0 Å². The number of nitrogens with zero attached hydrogens (tertiary/aromatic N) is 3. The van der Waals surface area contributed by atoms with Gasteiger partial charge in [0.05, 0.1) is 11.4 Å². The topological polar surface area (TPSA) is 56.7 Å². The third-order valence-corrected chi connectivity index (χ3v) is 2.20. The highest BCUT2D eigenvalue weighted by Gasteiger charge is 2.08. The molecular formula is C9H10N4S. The van der Waals surface area contributed by atoms with Gasteiger partial charge in [-0.1, -0.05) is 12.2 Å². The average molecular weight is 206 g/mol. The molecule has 2 N–H and O–H groups in total. The minimum absolute atomic E-state index is 0.448. The number of aromatic nitrogens is 3. The van der Waals surface area contributed by atoms with Crippen molar-refractivity contribution in [1.29, 1.82) is 0 Å². The lowest BCUT2D eigenvalue weighted by Crippen LogP contribution is -2.14. The van der Waals surface area contributed by atoms with E-state index in [1.165, 1.54) is 0 Å². The molecule has 0 aliphatic rings. The van der Waals surface area contributed by atoms with Crippen molar-refractivity contribution in [2.45, 2.75) is 6.42 Å². The Hall–Kier alpha value is -1.49. The molecule has 0 aromatic carbocycles. The van der Waals surface area contributed by atoms with Gasteiger partial charge in [-0.15, -0.1) is 0 Å². The Morgan fingerprint density at radius 3 is 3.07 bits per heavy atom. The Kier molecular flexibility index (Phi) is 2.17. The van der Waals surface area contributed by atoms with Gasteiger partial charge in [-0.2, -0.15) is 0 Å². The number of imidazole rings is 1. The lowest BCUT2D eigenvalue weighted by Gasteiger charge is -1.98. The van der Waals surface area contributed by atoms with Crippen LogP contribution in [0.4, 0.5) is 0 Å². The molecule has 0 atom stereocenters. The molecule has 2 aromatic rings. The first kappa shape index (κ1) is 9.08. The van der Waals surface area contributed by atoms with Gasteiger partial charge in [-0.25, -0.2) is 9.97 Å². The summed E-state index contributed by atoms with van der Waals surface area (Å²) in [4.78, 5) is 9.06. The summed E-state index contributed by atoms with van der Waals surface area (Å²) < 4.78 is 1.91. The van der Waals surface area contributed by atoms with Crippen LogP contribution in [-0.4, -0.2) is 19.5 Å². The minimum atomic E-state index is 0.448. The van der Waals surface area contributed by atoms with Crippen LogP contribution < -0.4 is 5.73 Å². The standard InChI is InChI=1S/C9H10N4S/c1-13-8(5-7(10)14)12-6-3-2-4-11-9(6)13/h2-4H,5H2,1H3,(H2,10,14). The molecule has 0 bridgehead atoms. The molecule has 0 unspecified atom stereocenters. The van der Waals surface area contributed by atoms with Gasteiger partial charge in [-0.3, -0.25) is 0 Å². The monoisotopic (exact) mass is 206 g/mol. The molecular weight excluding hydrogens is 196 g/mol. The number of pyridine rings is 1. The molecule has 2 aromatic heterocycles. The minimum Gasteiger partial charge on any atom is -0.393 e. The molecule has 0 amide bonds. The number of fused-ring (bicyclic) bond motifs is 1. The molecule has 0 saturated heterocycles. The number of hydrogen-bond acceptors (Lipinski definition) is 3. The van der Waals surface area contributed by atoms with Crippen LogP contribution >= 0.6 is 12.2 Å². The van der Waals surface area contributed by atoms with Gasteiger partial charge in [0.25, 0.3) is 0 Å². The van der Waals surface area contributed by atoms with Gasteiger partial charge < -0.3 is 10.3 Å². The molecule has 0 aliphatic carbocycles. The molecule has 0 radical (unpaired) electrons. The summed E-state index contributed by atoms with van der Waals surface area (Å²) in [6.07, 6.45) is 2.26. The van der Waals surface area contributed by atoms with Crippen LogP contribution in [0.25, 0.3) is 11.2 Å². The van der Waals surface area contributed by atoms with E-state index in [1.54, 1.807) is 6.20 Å². The maximum absolute atomic E-state index is 5.47. The van der Waals surface area contributed by atoms with E-state index in [0.29, 0.717) is 11.4 Å². The SMILES string of the molecule is Cn1c(CC(N)=S)nc2cccnc21. The van der Waals surface area contributed by atoms with Crippen molar-refractivity contribution in [3.8, 4) is 0 Å². The molecule has 5 heteroatoms. The third-order valence-electron chi connectivity index (χ3n) is 2.05. The van der Waals surface area contributed by atoms with E-state index in [2.05, 4.69) is 9.97 Å². The van der Waals surface area contributed by atoms with Crippen molar-refractivity contribution < 1.29 is 0 Å². The highest BCUT2D eigenvalue weighted by Crippen LogP contribution is 2.11. The largest absolute Gasteiger partial charge is 0.393 e. The van der Waals surface area contributed by atoms with Crippen molar-refractivity contribution in [2.75, 3.05) is 0 Å². The summed E-state index contributed by atoms with van der Waals surface area (Å²) in [6.45, 7) is 0. The smallest absolute Gasteiger partial charge is 0.159 e. The van der Waals surface area contributed by atoms with Gasteiger partial charge in [0, 0.05) is 13.2 Å². The Morgan fingerprint density at radius 2 is 2.43 bits per heavy atom. The summed E-state index contributed by atoms with van der Waals surface area (Å²) in [5.41, 5.74) is 7.21.